The standard InChI is InChI=1S/C11H15ClF2N4O2S/c12-9-6-15-7-10(17-9)16-5-8-1-3-18(4-2-8)21(19,20)11(13)14/h6-8,11H,1-5H2,(H,16,17). The highest BCUT2D eigenvalue weighted by atomic mass is 35.5. The molecule has 118 valence electrons. The first-order chi connectivity index (χ1) is 9.89. The van der Waals surface area contributed by atoms with E-state index in [1.807, 2.05) is 0 Å². The van der Waals surface area contributed by atoms with Gasteiger partial charge in [-0.3, -0.25) is 4.98 Å². The molecule has 21 heavy (non-hydrogen) atoms. The van der Waals surface area contributed by atoms with Crippen LogP contribution in [0, 0.1) is 5.92 Å². The molecule has 2 heterocycles. The van der Waals surface area contributed by atoms with Crippen molar-refractivity contribution in [3.05, 3.63) is 17.5 Å². The first-order valence-electron chi connectivity index (χ1n) is 6.38. The summed E-state index contributed by atoms with van der Waals surface area (Å²) in [6.07, 6.45) is 3.99. The van der Waals surface area contributed by atoms with Crippen LogP contribution in [0.2, 0.25) is 5.15 Å². The Balaban J connectivity index is 1.82. The summed E-state index contributed by atoms with van der Waals surface area (Å²) >= 11 is 5.71. The van der Waals surface area contributed by atoms with Gasteiger partial charge in [0.05, 0.1) is 12.4 Å². The summed E-state index contributed by atoms with van der Waals surface area (Å²) in [5, 5.41) is 3.33. The molecule has 2 rings (SSSR count). The van der Waals surface area contributed by atoms with Crippen LogP contribution in [-0.2, 0) is 10.0 Å². The Morgan fingerprint density at radius 3 is 2.62 bits per heavy atom. The number of aromatic nitrogens is 2. The van der Waals surface area contributed by atoms with E-state index in [4.69, 9.17) is 11.6 Å². The van der Waals surface area contributed by atoms with Crippen LogP contribution < -0.4 is 5.32 Å². The van der Waals surface area contributed by atoms with Gasteiger partial charge < -0.3 is 5.32 Å². The first-order valence-corrected chi connectivity index (χ1v) is 8.26. The third kappa shape index (κ3) is 4.21. The average molecular weight is 341 g/mol. The topological polar surface area (TPSA) is 75.2 Å². The second kappa shape index (κ2) is 6.80. The largest absolute Gasteiger partial charge is 0.368 e. The molecule has 0 saturated carbocycles. The zero-order valence-corrected chi connectivity index (χ0v) is 12.6. The smallest absolute Gasteiger partial charge is 0.350 e. The third-order valence-electron chi connectivity index (χ3n) is 3.34. The fraction of sp³-hybridized carbons (Fsp3) is 0.636. The van der Waals surface area contributed by atoms with Crippen LogP contribution in [0.3, 0.4) is 0 Å². The molecule has 0 aliphatic carbocycles. The monoisotopic (exact) mass is 340 g/mol. The van der Waals surface area contributed by atoms with E-state index in [-0.39, 0.29) is 24.2 Å². The van der Waals surface area contributed by atoms with Crippen molar-refractivity contribution < 1.29 is 17.2 Å². The number of hydrogen-bond donors (Lipinski definition) is 1. The van der Waals surface area contributed by atoms with Gasteiger partial charge in [0, 0.05) is 19.6 Å². The van der Waals surface area contributed by atoms with Crippen molar-refractivity contribution in [1.29, 1.82) is 0 Å². The van der Waals surface area contributed by atoms with E-state index in [2.05, 4.69) is 15.3 Å². The Morgan fingerprint density at radius 1 is 1.38 bits per heavy atom. The van der Waals surface area contributed by atoms with Gasteiger partial charge in [0.1, 0.15) is 11.0 Å². The SMILES string of the molecule is O=S(=O)(C(F)F)N1CCC(CNc2cncc(Cl)n2)CC1. The van der Waals surface area contributed by atoms with E-state index in [9.17, 15) is 17.2 Å². The van der Waals surface area contributed by atoms with Crippen molar-refractivity contribution in [1.82, 2.24) is 14.3 Å². The van der Waals surface area contributed by atoms with Crippen LogP contribution in [0.5, 0.6) is 0 Å². The van der Waals surface area contributed by atoms with Crippen molar-refractivity contribution in [2.45, 2.75) is 18.6 Å². The maximum Gasteiger partial charge on any atom is 0.350 e. The molecule has 1 fully saturated rings. The lowest BCUT2D eigenvalue weighted by Gasteiger charge is -2.30. The zero-order chi connectivity index (χ0) is 15.5. The van der Waals surface area contributed by atoms with Crippen LogP contribution in [0.25, 0.3) is 0 Å². The lowest BCUT2D eigenvalue weighted by Crippen LogP contribution is -2.42. The van der Waals surface area contributed by atoms with E-state index in [1.54, 1.807) is 0 Å². The van der Waals surface area contributed by atoms with Crippen molar-refractivity contribution >= 4 is 27.4 Å². The Labute approximate surface area is 126 Å². The predicted octanol–water partition coefficient (Wildman–Crippen LogP) is 1.81. The van der Waals surface area contributed by atoms with Gasteiger partial charge in [-0.2, -0.15) is 13.1 Å². The van der Waals surface area contributed by atoms with Gasteiger partial charge >= 0.3 is 5.76 Å². The highest BCUT2D eigenvalue weighted by Gasteiger charge is 2.34. The molecule has 1 aliphatic rings. The number of alkyl halides is 2. The summed E-state index contributed by atoms with van der Waals surface area (Å²) in [5.74, 6) is -2.63. The molecular weight excluding hydrogens is 326 g/mol. The van der Waals surface area contributed by atoms with Crippen molar-refractivity contribution in [2.24, 2.45) is 5.92 Å². The van der Waals surface area contributed by atoms with Crippen LogP contribution in [-0.4, -0.2) is 48.1 Å². The molecule has 0 spiro atoms. The molecule has 6 nitrogen and oxygen atoms in total. The van der Waals surface area contributed by atoms with Crippen molar-refractivity contribution in [3.63, 3.8) is 0 Å². The Bertz CT molecular complexity index is 579. The van der Waals surface area contributed by atoms with Crippen LogP contribution >= 0.6 is 11.6 Å². The molecule has 1 aromatic rings. The molecule has 1 N–H and O–H groups in total. The third-order valence-corrected chi connectivity index (χ3v) is 5.05. The summed E-state index contributed by atoms with van der Waals surface area (Å²) in [6.45, 7) is 0.790. The normalized spacial score (nSPS) is 18.1. The number of rotatable bonds is 5. The van der Waals surface area contributed by atoms with Crippen molar-refractivity contribution in [3.8, 4) is 0 Å². The van der Waals surface area contributed by atoms with Crippen molar-refractivity contribution in [2.75, 3.05) is 25.0 Å². The maximum absolute atomic E-state index is 12.4. The molecule has 0 bridgehead atoms. The molecule has 1 aliphatic heterocycles. The van der Waals surface area contributed by atoms with E-state index < -0.39 is 15.8 Å². The minimum Gasteiger partial charge on any atom is -0.368 e. The van der Waals surface area contributed by atoms with E-state index >= 15 is 0 Å². The van der Waals surface area contributed by atoms with E-state index in [0.29, 0.717) is 25.2 Å². The van der Waals surface area contributed by atoms with Gasteiger partial charge in [-0.15, -0.1) is 0 Å². The number of nitrogens with one attached hydrogen (secondary N) is 1. The minimum atomic E-state index is -4.46. The molecule has 0 aromatic carbocycles. The lowest BCUT2D eigenvalue weighted by molar-refractivity contribution is 0.205. The molecule has 1 aromatic heterocycles. The second-order valence-corrected chi connectivity index (χ2v) is 7.05. The fourth-order valence-corrected chi connectivity index (χ4v) is 3.25. The van der Waals surface area contributed by atoms with Crippen LogP contribution in [0.15, 0.2) is 12.4 Å². The fourth-order valence-electron chi connectivity index (χ4n) is 2.16. The highest BCUT2D eigenvalue weighted by molar-refractivity contribution is 7.89. The molecule has 0 atom stereocenters. The van der Waals surface area contributed by atoms with E-state index in [0.717, 1.165) is 4.31 Å². The van der Waals surface area contributed by atoms with Gasteiger partial charge in [0.25, 0.3) is 10.0 Å². The number of piperidine rings is 1. The first kappa shape index (κ1) is 16.3. The predicted molar refractivity (Wildman–Crippen MR) is 74.8 cm³/mol. The van der Waals surface area contributed by atoms with Gasteiger partial charge in [0.15, 0.2) is 0 Å². The maximum atomic E-state index is 12.4. The molecule has 1 saturated heterocycles. The quantitative estimate of drug-likeness (QED) is 0.884. The molecule has 0 unspecified atom stereocenters. The highest BCUT2D eigenvalue weighted by Crippen LogP contribution is 2.22. The molecule has 0 amide bonds. The minimum absolute atomic E-state index is 0.111. The number of hydrogen-bond acceptors (Lipinski definition) is 5. The summed E-state index contributed by atoms with van der Waals surface area (Å²) in [4.78, 5) is 7.91. The molecular formula is C11H15ClF2N4O2S. The lowest BCUT2D eigenvalue weighted by atomic mass is 9.98. The van der Waals surface area contributed by atoms with E-state index in [1.165, 1.54) is 12.4 Å². The van der Waals surface area contributed by atoms with Crippen LogP contribution in [0.1, 0.15) is 12.8 Å². The molecule has 10 heteroatoms. The number of sulfonamides is 1. The second-order valence-electron chi connectivity index (χ2n) is 4.76. The van der Waals surface area contributed by atoms with Gasteiger partial charge in [0.2, 0.25) is 0 Å². The number of anilines is 1. The Kier molecular flexibility index (Phi) is 5.28. The summed E-state index contributed by atoms with van der Waals surface area (Å²) in [7, 11) is -4.46. The summed E-state index contributed by atoms with van der Waals surface area (Å²) in [6, 6.07) is 0. The zero-order valence-electron chi connectivity index (χ0n) is 11.0. The number of halogens is 3. The Morgan fingerprint density at radius 2 is 2.05 bits per heavy atom. The summed E-state index contributed by atoms with van der Waals surface area (Å²) in [5.41, 5.74) is 0. The number of nitrogens with zero attached hydrogens (tertiary/aromatic N) is 3. The summed E-state index contributed by atoms with van der Waals surface area (Å²) < 4.78 is 48.4. The average Bonchev–Trinajstić information content (AvgIpc) is 2.45. The van der Waals surface area contributed by atoms with Crippen LogP contribution in [0.4, 0.5) is 14.6 Å². The van der Waals surface area contributed by atoms with Gasteiger partial charge in [-0.1, -0.05) is 11.6 Å². The van der Waals surface area contributed by atoms with Gasteiger partial charge in [-0.25, -0.2) is 13.4 Å². The molecule has 0 radical (unpaired) electrons. The Hall–Kier alpha value is -1.06. The van der Waals surface area contributed by atoms with Gasteiger partial charge in [-0.05, 0) is 18.8 Å².